The van der Waals surface area contributed by atoms with E-state index in [0.717, 1.165) is 17.3 Å². The second kappa shape index (κ2) is 7.37. The van der Waals surface area contributed by atoms with E-state index in [1.807, 2.05) is 44.2 Å². The van der Waals surface area contributed by atoms with Gasteiger partial charge in [0.2, 0.25) is 0 Å². The Hall–Kier alpha value is -0.975. The van der Waals surface area contributed by atoms with E-state index in [9.17, 15) is 22.1 Å². The Labute approximate surface area is 102 Å². The highest BCUT2D eigenvalue weighted by Crippen LogP contribution is 2.06. The van der Waals surface area contributed by atoms with Crippen LogP contribution in [0.15, 0.2) is 30.3 Å². The molecule has 1 nitrogen and oxygen atoms in total. The van der Waals surface area contributed by atoms with Gasteiger partial charge < -0.3 is 17.3 Å². The van der Waals surface area contributed by atoms with Crippen LogP contribution in [0, 0.1) is 0 Å². The van der Waals surface area contributed by atoms with Crippen molar-refractivity contribution in [3.05, 3.63) is 35.9 Å². The summed E-state index contributed by atoms with van der Waals surface area (Å²) in [7, 11) is -6.00. The van der Waals surface area contributed by atoms with Crippen LogP contribution in [-0.4, -0.2) is 17.6 Å². The highest BCUT2D eigenvalue weighted by Gasteiger charge is 2.20. The summed E-state index contributed by atoms with van der Waals surface area (Å²) >= 11 is 0.885. The highest BCUT2D eigenvalue weighted by atomic mass is 32.2. The average molecular weight is 268 g/mol. The second-order valence-corrected chi connectivity index (χ2v) is 5.09. The van der Waals surface area contributed by atoms with Gasteiger partial charge in [0, 0.05) is 0 Å². The number of thiol groups is 1. The molecule has 17 heavy (non-hydrogen) atoms. The lowest BCUT2D eigenvalue weighted by Crippen LogP contribution is -2.09. The Morgan fingerprint density at radius 2 is 1.53 bits per heavy atom. The fourth-order valence-electron chi connectivity index (χ4n) is 0.890. The zero-order valence-corrected chi connectivity index (χ0v) is 10.3. The van der Waals surface area contributed by atoms with Crippen molar-refractivity contribution in [2.45, 2.75) is 19.1 Å². The highest BCUT2D eigenvalue weighted by molar-refractivity contribution is 7.95. The maximum atomic E-state index is 11.4. The van der Waals surface area contributed by atoms with Crippen LogP contribution >= 0.6 is 0 Å². The Morgan fingerprint density at radius 3 is 1.88 bits per heavy atom. The van der Waals surface area contributed by atoms with E-state index >= 15 is 0 Å². The SMILES string of the molecule is CC(C)[SH+]C(=O)c1ccccc1.F[B-](F)(F)F. The molecule has 1 aromatic carbocycles. The average Bonchev–Trinajstić information content (AvgIpc) is 2.15. The molecule has 0 saturated heterocycles. The molecule has 0 unspecified atom stereocenters. The van der Waals surface area contributed by atoms with Gasteiger partial charge in [0.05, 0.1) is 17.3 Å². The van der Waals surface area contributed by atoms with E-state index in [1.165, 1.54) is 0 Å². The summed E-state index contributed by atoms with van der Waals surface area (Å²) in [5, 5.41) is 0.628. The summed E-state index contributed by atoms with van der Waals surface area (Å²) in [6, 6.07) is 9.42. The molecule has 96 valence electrons. The molecule has 0 heterocycles. The van der Waals surface area contributed by atoms with Crippen molar-refractivity contribution in [3.8, 4) is 0 Å². The van der Waals surface area contributed by atoms with Gasteiger partial charge in [0.15, 0.2) is 0 Å². The van der Waals surface area contributed by atoms with Crippen molar-refractivity contribution in [2.24, 2.45) is 0 Å². The number of halogens is 4. The fraction of sp³-hybridized carbons (Fsp3) is 0.300. The molecule has 0 fully saturated rings. The van der Waals surface area contributed by atoms with E-state index in [-0.39, 0.29) is 5.12 Å². The van der Waals surface area contributed by atoms with Crippen molar-refractivity contribution >= 4 is 24.1 Å². The molecule has 0 spiro atoms. The maximum Gasteiger partial charge on any atom is 0.673 e. The van der Waals surface area contributed by atoms with Gasteiger partial charge in [-0.05, 0) is 26.0 Å². The van der Waals surface area contributed by atoms with Gasteiger partial charge in [-0.2, -0.15) is 0 Å². The third kappa shape index (κ3) is 11.3. The molecule has 0 aliphatic heterocycles. The summed E-state index contributed by atoms with van der Waals surface area (Å²) in [6.07, 6.45) is 0. The first-order valence-electron chi connectivity index (χ1n) is 4.87. The van der Waals surface area contributed by atoms with Crippen LogP contribution in [0.5, 0.6) is 0 Å². The molecule has 0 aliphatic rings. The molecule has 0 aliphatic carbocycles. The normalized spacial score (nSPS) is 10.8. The number of hydrogen-bond donors (Lipinski definition) is 0. The first-order valence-corrected chi connectivity index (χ1v) is 5.84. The van der Waals surface area contributed by atoms with Crippen molar-refractivity contribution in [2.75, 3.05) is 0 Å². The summed E-state index contributed by atoms with van der Waals surface area (Å²) in [5.74, 6) is 0. The van der Waals surface area contributed by atoms with E-state index < -0.39 is 7.25 Å². The smallest absolute Gasteiger partial charge is 0.418 e. The third-order valence-corrected chi connectivity index (χ3v) is 2.41. The van der Waals surface area contributed by atoms with Crippen LogP contribution in [-0.2, 0) is 11.8 Å². The van der Waals surface area contributed by atoms with E-state index in [1.54, 1.807) is 0 Å². The predicted octanol–water partition coefficient (Wildman–Crippen LogP) is 3.35. The molecule has 0 saturated carbocycles. The molecule has 1 rings (SSSR count). The molecule has 0 bridgehead atoms. The summed E-state index contributed by atoms with van der Waals surface area (Å²) in [6.45, 7) is 4.09. The molecular weight excluding hydrogens is 255 g/mol. The lowest BCUT2D eigenvalue weighted by atomic mass is 10.2. The van der Waals surface area contributed by atoms with Crippen LogP contribution < -0.4 is 0 Å². The van der Waals surface area contributed by atoms with Gasteiger partial charge in [-0.3, -0.25) is 0 Å². The monoisotopic (exact) mass is 268 g/mol. The molecule has 7 heteroatoms. The van der Waals surface area contributed by atoms with Gasteiger partial charge >= 0.3 is 12.4 Å². The Morgan fingerprint density at radius 1 is 1.12 bits per heavy atom. The lowest BCUT2D eigenvalue weighted by molar-refractivity contribution is 0.108. The summed E-state index contributed by atoms with van der Waals surface area (Å²) in [4.78, 5) is 11.4. The van der Waals surface area contributed by atoms with Crippen LogP contribution in [0.3, 0.4) is 0 Å². The third-order valence-electron chi connectivity index (χ3n) is 1.40. The van der Waals surface area contributed by atoms with Gasteiger partial charge in [0.25, 0.3) is 0 Å². The molecule has 0 amide bonds. The maximum absolute atomic E-state index is 11.4. The van der Waals surface area contributed by atoms with Gasteiger partial charge in [-0.15, -0.1) is 0 Å². The molecule has 0 N–H and O–H groups in total. The van der Waals surface area contributed by atoms with Crippen molar-refractivity contribution in [1.82, 2.24) is 0 Å². The second-order valence-electron chi connectivity index (χ2n) is 3.39. The number of rotatable bonds is 2. The molecule has 1 aromatic rings. The summed E-state index contributed by atoms with van der Waals surface area (Å²) in [5.41, 5.74) is 0.813. The van der Waals surface area contributed by atoms with Crippen LogP contribution in [0.25, 0.3) is 0 Å². The van der Waals surface area contributed by atoms with E-state index in [2.05, 4.69) is 0 Å². The van der Waals surface area contributed by atoms with E-state index in [4.69, 9.17) is 0 Å². The zero-order chi connectivity index (χ0) is 13.5. The van der Waals surface area contributed by atoms with Crippen molar-refractivity contribution in [3.63, 3.8) is 0 Å². The minimum atomic E-state index is -6.00. The van der Waals surface area contributed by atoms with Gasteiger partial charge in [0.1, 0.15) is 5.25 Å². The molecular formula is C10H13BF4OS. The fourth-order valence-corrected chi connectivity index (χ4v) is 1.66. The van der Waals surface area contributed by atoms with Crippen LogP contribution in [0.1, 0.15) is 24.2 Å². The number of carbonyl (C=O) groups excluding carboxylic acids is 1. The van der Waals surface area contributed by atoms with Crippen LogP contribution in [0.2, 0.25) is 0 Å². The number of benzene rings is 1. The quantitative estimate of drug-likeness (QED) is 0.348. The Balaban J connectivity index is 0.000000437. The topological polar surface area (TPSA) is 17.1 Å². The molecule has 0 aromatic heterocycles. The Kier molecular flexibility index (Phi) is 6.95. The number of hydrogen-bond acceptors (Lipinski definition) is 1. The van der Waals surface area contributed by atoms with Gasteiger partial charge in [-0.1, -0.05) is 18.2 Å². The largest absolute Gasteiger partial charge is 0.673 e. The zero-order valence-electron chi connectivity index (χ0n) is 9.41. The standard InChI is InChI=1S/C10H12OS.BF4/c1-8(2)12-10(11)9-6-4-3-5-7-9;2-1(3,4)5/h3-8H,1-2H3;/q;-1/p+1. The number of carbonyl (C=O) groups is 1. The predicted molar refractivity (Wildman–Crippen MR) is 64.9 cm³/mol. The van der Waals surface area contributed by atoms with Crippen molar-refractivity contribution < 1.29 is 22.1 Å². The minimum Gasteiger partial charge on any atom is -0.418 e. The first kappa shape index (κ1) is 16.0. The molecule has 0 atom stereocenters. The lowest BCUT2D eigenvalue weighted by Gasteiger charge is -1.94. The molecule has 0 radical (unpaired) electrons. The first-order chi connectivity index (χ1) is 7.70. The minimum absolute atomic E-state index is 0.214. The summed E-state index contributed by atoms with van der Waals surface area (Å²) < 4.78 is 39.0. The van der Waals surface area contributed by atoms with Crippen molar-refractivity contribution in [1.29, 1.82) is 0 Å². The Bertz CT molecular complexity index is 334. The van der Waals surface area contributed by atoms with Crippen LogP contribution in [0.4, 0.5) is 17.3 Å². The van der Waals surface area contributed by atoms with E-state index in [0.29, 0.717) is 5.25 Å². The van der Waals surface area contributed by atoms with Gasteiger partial charge in [-0.25, -0.2) is 4.79 Å².